The van der Waals surface area contributed by atoms with Crippen LogP contribution in [-0.2, 0) is 11.3 Å². The molecule has 0 atom stereocenters. The molecule has 0 saturated carbocycles. The number of rotatable bonds is 6. The molecule has 0 bridgehead atoms. The van der Waals surface area contributed by atoms with E-state index in [1.807, 2.05) is 12.1 Å². The molecule has 2 N–H and O–H groups in total. The number of nitrogens with two attached hydrogens (primary N) is 1. The molecule has 0 unspecified atom stereocenters. The fraction of sp³-hybridized carbons (Fsp3) is 0.562. The van der Waals surface area contributed by atoms with Gasteiger partial charge in [0.25, 0.3) is 0 Å². The Balaban J connectivity index is 1.97. The molecule has 2 rings (SSSR count). The van der Waals surface area contributed by atoms with E-state index in [2.05, 4.69) is 11.0 Å². The van der Waals surface area contributed by atoms with Crippen molar-refractivity contribution in [2.24, 2.45) is 11.7 Å². The summed E-state index contributed by atoms with van der Waals surface area (Å²) in [7, 11) is 3.42. The van der Waals surface area contributed by atoms with Gasteiger partial charge in [0.15, 0.2) is 0 Å². The van der Waals surface area contributed by atoms with Gasteiger partial charge in [-0.2, -0.15) is 0 Å². The quantitative estimate of drug-likeness (QED) is 0.816. The number of hydrogen-bond donors (Lipinski definition) is 1. The lowest BCUT2D eigenvalue weighted by atomic mass is 9.97. The maximum absolute atomic E-state index is 5.77. The third-order valence-corrected chi connectivity index (χ3v) is 4.26. The number of thiocarbonyl (C=S) groups is 1. The van der Waals surface area contributed by atoms with E-state index in [1.54, 1.807) is 14.2 Å². The summed E-state index contributed by atoms with van der Waals surface area (Å²) in [6.07, 6.45) is 2.40. The fourth-order valence-corrected chi connectivity index (χ4v) is 3.01. The Morgan fingerprint density at radius 1 is 1.33 bits per heavy atom. The molecule has 5 heteroatoms. The maximum Gasteiger partial charge on any atom is 0.129 e. The Labute approximate surface area is 132 Å². The van der Waals surface area contributed by atoms with Gasteiger partial charge in [0.2, 0.25) is 0 Å². The molecule has 0 spiro atoms. The van der Waals surface area contributed by atoms with E-state index in [-0.39, 0.29) is 0 Å². The van der Waals surface area contributed by atoms with E-state index >= 15 is 0 Å². The predicted molar refractivity (Wildman–Crippen MR) is 88.8 cm³/mol. The molecule has 1 fully saturated rings. The third-order valence-electron chi connectivity index (χ3n) is 4.05. The molecule has 0 radical (unpaired) electrons. The van der Waals surface area contributed by atoms with Crippen molar-refractivity contribution in [2.45, 2.75) is 19.4 Å². The molecular formula is C16H24N2O2S. The van der Waals surface area contributed by atoms with Gasteiger partial charge >= 0.3 is 0 Å². The van der Waals surface area contributed by atoms with E-state index in [0.29, 0.717) is 10.9 Å². The van der Waals surface area contributed by atoms with Crippen molar-refractivity contribution in [3.8, 4) is 5.75 Å². The summed E-state index contributed by atoms with van der Waals surface area (Å²) < 4.78 is 10.5. The largest absolute Gasteiger partial charge is 0.496 e. The zero-order chi connectivity index (χ0) is 15.2. The lowest BCUT2D eigenvalue weighted by Crippen LogP contribution is -2.34. The van der Waals surface area contributed by atoms with E-state index in [9.17, 15) is 0 Å². The van der Waals surface area contributed by atoms with Gasteiger partial charge in [-0.3, -0.25) is 4.90 Å². The van der Waals surface area contributed by atoms with Crippen LogP contribution in [0.15, 0.2) is 18.2 Å². The molecule has 116 valence electrons. The summed E-state index contributed by atoms with van der Waals surface area (Å²) in [6.45, 7) is 4.03. The zero-order valence-electron chi connectivity index (χ0n) is 12.8. The van der Waals surface area contributed by atoms with Crippen LogP contribution in [0.4, 0.5) is 0 Å². The molecule has 1 heterocycles. The van der Waals surface area contributed by atoms with E-state index in [0.717, 1.165) is 37.6 Å². The highest BCUT2D eigenvalue weighted by molar-refractivity contribution is 7.80. The fourth-order valence-electron chi connectivity index (χ4n) is 2.85. The summed E-state index contributed by atoms with van der Waals surface area (Å²) in [4.78, 5) is 2.85. The first-order valence-electron chi connectivity index (χ1n) is 7.32. The Morgan fingerprint density at radius 3 is 2.62 bits per heavy atom. The summed E-state index contributed by atoms with van der Waals surface area (Å²) in [6, 6.07) is 6.08. The molecule has 0 aliphatic carbocycles. The molecule has 1 aliphatic rings. The van der Waals surface area contributed by atoms with Crippen LogP contribution >= 0.6 is 12.2 Å². The smallest absolute Gasteiger partial charge is 0.129 e. The molecule has 1 aliphatic heterocycles. The van der Waals surface area contributed by atoms with Gasteiger partial charge in [-0.15, -0.1) is 0 Å². The van der Waals surface area contributed by atoms with Crippen LogP contribution in [0.5, 0.6) is 5.75 Å². The van der Waals surface area contributed by atoms with Crippen molar-refractivity contribution in [1.82, 2.24) is 4.90 Å². The minimum absolute atomic E-state index is 0.382. The second-order valence-electron chi connectivity index (χ2n) is 5.57. The van der Waals surface area contributed by atoms with Gasteiger partial charge in [-0.25, -0.2) is 0 Å². The summed E-state index contributed by atoms with van der Waals surface area (Å²) in [5.74, 6) is 1.44. The van der Waals surface area contributed by atoms with Gasteiger partial charge in [0, 0.05) is 20.3 Å². The van der Waals surface area contributed by atoms with Crippen LogP contribution in [0.3, 0.4) is 0 Å². The van der Waals surface area contributed by atoms with Crippen molar-refractivity contribution in [1.29, 1.82) is 0 Å². The summed E-state index contributed by atoms with van der Waals surface area (Å²) >= 11 is 5.09. The van der Waals surface area contributed by atoms with Crippen molar-refractivity contribution >= 4 is 17.2 Å². The van der Waals surface area contributed by atoms with Crippen LogP contribution < -0.4 is 10.5 Å². The number of likely N-dealkylation sites (tertiary alicyclic amines) is 1. The van der Waals surface area contributed by atoms with Gasteiger partial charge in [-0.1, -0.05) is 18.3 Å². The van der Waals surface area contributed by atoms with Gasteiger partial charge in [0.05, 0.1) is 12.7 Å². The molecule has 0 aromatic heterocycles. The molecular weight excluding hydrogens is 284 g/mol. The number of benzene rings is 1. The highest BCUT2D eigenvalue weighted by Gasteiger charge is 2.19. The Bertz CT molecular complexity index is 485. The molecule has 21 heavy (non-hydrogen) atoms. The Morgan fingerprint density at radius 2 is 2.05 bits per heavy atom. The van der Waals surface area contributed by atoms with Crippen LogP contribution in [-0.4, -0.2) is 43.8 Å². The zero-order valence-corrected chi connectivity index (χ0v) is 13.6. The summed E-state index contributed by atoms with van der Waals surface area (Å²) in [5, 5.41) is 0. The molecule has 1 aromatic carbocycles. The minimum Gasteiger partial charge on any atom is -0.496 e. The second-order valence-corrected chi connectivity index (χ2v) is 6.01. The lowest BCUT2D eigenvalue weighted by molar-refractivity contribution is 0.0968. The molecule has 1 saturated heterocycles. The minimum atomic E-state index is 0.382. The summed E-state index contributed by atoms with van der Waals surface area (Å²) in [5.41, 5.74) is 7.81. The van der Waals surface area contributed by atoms with Crippen LogP contribution in [0.2, 0.25) is 0 Å². The van der Waals surface area contributed by atoms with Gasteiger partial charge in [0.1, 0.15) is 10.7 Å². The van der Waals surface area contributed by atoms with Crippen molar-refractivity contribution < 1.29 is 9.47 Å². The van der Waals surface area contributed by atoms with Crippen LogP contribution in [0.25, 0.3) is 0 Å². The maximum atomic E-state index is 5.77. The van der Waals surface area contributed by atoms with Gasteiger partial charge < -0.3 is 15.2 Å². The molecule has 0 amide bonds. The topological polar surface area (TPSA) is 47.7 Å². The number of ether oxygens (including phenoxy) is 2. The average Bonchev–Trinajstić information content (AvgIpc) is 2.49. The second kappa shape index (κ2) is 7.73. The standard InChI is InChI=1S/C16H24N2O2S/c1-19-11-12-5-7-18(8-6-12)10-13-3-4-15(20-2)14(9-13)16(17)21/h3-4,9,12H,5-8,10-11H2,1-2H3,(H2,17,21). The highest BCUT2D eigenvalue weighted by Crippen LogP contribution is 2.23. The number of piperidine rings is 1. The van der Waals surface area contributed by atoms with Gasteiger partial charge in [-0.05, 0) is 49.5 Å². The van der Waals surface area contributed by atoms with E-state index in [4.69, 9.17) is 27.4 Å². The Kier molecular flexibility index (Phi) is 5.96. The monoisotopic (exact) mass is 308 g/mol. The predicted octanol–water partition coefficient (Wildman–Crippen LogP) is 2.19. The van der Waals surface area contributed by atoms with Crippen LogP contribution in [0, 0.1) is 5.92 Å². The van der Waals surface area contributed by atoms with E-state index < -0.39 is 0 Å². The normalized spacial score (nSPS) is 16.9. The number of hydrogen-bond acceptors (Lipinski definition) is 4. The van der Waals surface area contributed by atoms with Crippen LogP contribution in [0.1, 0.15) is 24.0 Å². The van der Waals surface area contributed by atoms with Crippen molar-refractivity contribution in [2.75, 3.05) is 33.9 Å². The third kappa shape index (κ3) is 4.40. The van der Waals surface area contributed by atoms with Crippen molar-refractivity contribution in [3.63, 3.8) is 0 Å². The Hall–Kier alpha value is -1.17. The molecule has 1 aromatic rings. The first-order chi connectivity index (χ1) is 10.1. The highest BCUT2D eigenvalue weighted by atomic mass is 32.1. The first-order valence-corrected chi connectivity index (χ1v) is 7.73. The SMILES string of the molecule is COCC1CCN(Cc2ccc(OC)c(C(N)=S)c2)CC1. The number of methoxy groups -OCH3 is 2. The lowest BCUT2D eigenvalue weighted by Gasteiger charge is -2.31. The number of nitrogens with zero attached hydrogens (tertiary/aromatic N) is 1. The first kappa shape index (κ1) is 16.2. The molecule has 4 nitrogen and oxygen atoms in total. The van der Waals surface area contributed by atoms with Crippen molar-refractivity contribution in [3.05, 3.63) is 29.3 Å². The average molecular weight is 308 g/mol. The van der Waals surface area contributed by atoms with E-state index in [1.165, 1.54) is 18.4 Å².